The van der Waals surface area contributed by atoms with Gasteiger partial charge in [0.1, 0.15) is 0 Å². The highest BCUT2D eigenvalue weighted by Gasteiger charge is 2.23. The van der Waals surface area contributed by atoms with Gasteiger partial charge in [-0.25, -0.2) is 0 Å². The standard InChI is InChI=1S/C60H36N6/c61-36-38-25-28-57(65-55-23-11-5-17-45(55)48-34-39(26-29-58(48)65)63-51-19-7-1-13-41(51)42-14-2-8-20-52(42)63)47(33-38)50-37-62-32-31-60(50)66-56-24-12-6-18-46(56)49-35-40(27-30-59(49)66)64-53-21-9-3-15-43(53)44-16-4-10-22-54(44)64/h1-35,37H. The van der Waals surface area contributed by atoms with E-state index in [1.54, 1.807) is 0 Å². The molecule has 0 aliphatic rings. The van der Waals surface area contributed by atoms with Crippen LogP contribution in [0.3, 0.4) is 0 Å². The van der Waals surface area contributed by atoms with Gasteiger partial charge in [0.05, 0.1) is 67.1 Å². The maximum atomic E-state index is 10.4. The summed E-state index contributed by atoms with van der Waals surface area (Å²) in [6.07, 6.45) is 3.83. The third kappa shape index (κ3) is 5.08. The summed E-state index contributed by atoms with van der Waals surface area (Å²) in [7, 11) is 0. The lowest BCUT2D eigenvalue weighted by Crippen LogP contribution is -2.02. The molecule has 5 heterocycles. The summed E-state index contributed by atoms with van der Waals surface area (Å²) in [5, 5.41) is 20.0. The van der Waals surface area contributed by atoms with Crippen molar-refractivity contribution in [3.05, 3.63) is 224 Å². The first-order chi connectivity index (χ1) is 32.7. The van der Waals surface area contributed by atoms with Gasteiger partial charge in [0, 0.05) is 78.0 Å². The highest BCUT2D eigenvalue weighted by atomic mass is 15.0. The Hall–Kier alpha value is -9.18. The number of pyridine rings is 1. The molecule has 6 nitrogen and oxygen atoms in total. The van der Waals surface area contributed by atoms with Crippen LogP contribution in [0.15, 0.2) is 219 Å². The number of para-hydroxylation sites is 6. The zero-order chi connectivity index (χ0) is 43.5. The molecule has 0 fully saturated rings. The van der Waals surface area contributed by atoms with Crippen molar-refractivity contribution < 1.29 is 0 Å². The Labute approximate surface area is 378 Å². The van der Waals surface area contributed by atoms with Crippen molar-refractivity contribution in [2.24, 2.45) is 0 Å². The number of hydrogen-bond donors (Lipinski definition) is 0. The van der Waals surface area contributed by atoms with Crippen LogP contribution in [0.4, 0.5) is 0 Å². The largest absolute Gasteiger partial charge is 0.309 e. The zero-order valence-corrected chi connectivity index (χ0v) is 35.5. The Bertz CT molecular complexity index is 4270. The summed E-state index contributed by atoms with van der Waals surface area (Å²) < 4.78 is 9.48. The van der Waals surface area contributed by atoms with E-state index in [4.69, 9.17) is 4.98 Å². The van der Waals surface area contributed by atoms with Crippen molar-refractivity contribution >= 4 is 87.2 Å². The number of fused-ring (bicyclic) bond motifs is 12. The van der Waals surface area contributed by atoms with Gasteiger partial charge in [-0.05, 0) is 97.1 Å². The van der Waals surface area contributed by atoms with Gasteiger partial charge >= 0.3 is 0 Å². The molecule has 6 heteroatoms. The predicted molar refractivity (Wildman–Crippen MR) is 272 cm³/mol. The second-order valence-corrected chi connectivity index (χ2v) is 17.1. The van der Waals surface area contributed by atoms with Gasteiger partial charge in [0.25, 0.3) is 0 Å². The van der Waals surface area contributed by atoms with Crippen LogP contribution < -0.4 is 0 Å². The molecule has 0 radical (unpaired) electrons. The monoisotopic (exact) mass is 840 g/mol. The Morgan fingerprint density at radius 3 is 1.11 bits per heavy atom. The van der Waals surface area contributed by atoms with E-state index in [0.717, 1.165) is 77.5 Å². The molecule has 9 aromatic carbocycles. The van der Waals surface area contributed by atoms with E-state index in [9.17, 15) is 5.26 Å². The van der Waals surface area contributed by atoms with E-state index in [0.29, 0.717) is 5.56 Å². The highest BCUT2D eigenvalue weighted by Crippen LogP contribution is 2.43. The maximum absolute atomic E-state index is 10.4. The third-order valence-corrected chi connectivity index (χ3v) is 13.7. The molecule has 5 aromatic heterocycles. The number of hydrogen-bond acceptors (Lipinski definition) is 2. The molecular formula is C60H36N6. The molecule has 0 bridgehead atoms. The second kappa shape index (κ2) is 13.9. The van der Waals surface area contributed by atoms with E-state index in [2.05, 4.69) is 218 Å². The van der Waals surface area contributed by atoms with Gasteiger partial charge in [0.2, 0.25) is 0 Å². The van der Waals surface area contributed by atoms with Crippen LogP contribution in [-0.4, -0.2) is 23.3 Å². The Balaban J connectivity index is 0.993. The van der Waals surface area contributed by atoms with E-state index in [1.807, 2.05) is 24.5 Å². The minimum atomic E-state index is 0.580. The predicted octanol–water partition coefficient (Wildman–Crippen LogP) is 15.0. The van der Waals surface area contributed by atoms with Crippen molar-refractivity contribution in [2.75, 3.05) is 0 Å². The fourth-order valence-corrected chi connectivity index (χ4v) is 10.9. The molecule has 0 N–H and O–H groups in total. The zero-order valence-electron chi connectivity index (χ0n) is 35.5. The van der Waals surface area contributed by atoms with Crippen molar-refractivity contribution in [3.63, 3.8) is 0 Å². The first-order valence-corrected chi connectivity index (χ1v) is 22.3. The van der Waals surface area contributed by atoms with E-state index < -0.39 is 0 Å². The second-order valence-electron chi connectivity index (χ2n) is 17.1. The van der Waals surface area contributed by atoms with Gasteiger partial charge in [-0.3, -0.25) is 4.98 Å². The first-order valence-electron chi connectivity index (χ1n) is 22.3. The summed E-state index contributed by atoms with van der Waals surface area (Å²) in [5.41, 5.74) is 15.6. The lowest BCUT2D eigenvalue weighted by atomic mass is 10.00. The van der Waals surface area contributed by atoms with Crippen LogP contribution >= 0.6 is 0 Å². The smallest absolute Gasteiger partial charge is 0.0991 e. The van der Waals surface area contributed by atoms with Gasteiger partial charge in [-0.15, -0.1) is 0 Å². The van der Waals surface area contributed by atoms with Gasteiger partial charge in [0.15, 0.2) is 0 Å². The third-order valence-electron chi connectivity index (χ3n) is 13.7. The van der Waals surface area contributed by atoms with E-state index >= 15 is 0 Å². The van der Waals surface area contributed by atoms with Crippen LogP contribution in [-0.2, 0) is 0 Å². The minimum absolute atomic E-state index is 0.580. The molecule has 306 valence electrons. The van der Waals surface area contributed by atoms with Crippen molar-refractivity contribution in [3.8, 4) is 39.9 Å². The molecule has 66 heavy (non-hydrogen) atoms. The maximum Gasteiger partial charge on any atom is 0.0991 e. The van der Waals surface area contributed by atoms with Crippen molar-refractivity contribution in [1.82, 2.24) is 23.3 Å². The van der Waals surface area contributed by atoms with Gasteiger partial charge in [-0.2, -0.15) is 5.26 Å². The van der Waals surface area contributed by atoms with Crippen LogP contribution in [0, 0.1) is 11.3 Å². The summed E-state index contributed by atoms with van der Waals surface area (Å²) in [6.45, 7) is 0. The molecule has 0 saturated carbocycles. The summed E-state index contributed by atoms with van der Waals surface area (Å²) in [6, 6.07) is 76.2. The number of benzene rings is 9. The SMILES string of the molecule is N#Cc1ccc(-n2c3ccccc3c3cc(-n4c5ccccc5c5ccccc54)ccc32)c(-c2cnccc2-n2c3ccccc3c3cc(-n4c5ccccc5c5ccccc54)ccc32)c1. The molecule has 14 aromatic rings. The topological polar surface area (TPSA) is 56.4 Å². The summed E-state index contributed by atoms with van der Waals surface area (Å²) in [5.74, 6) is 0. The number of nitrogens with zero attached hydrogens (tertiary/aromatic N) is 6. The van der Waals surface area contributed by atoms with Crippen LogP contribution in [0.25, 0.3) is 121 Å². The normalized spacial score (nSPS) is 11.9. The number of nitriles is 1. The van der Waals surface area contributed by atoms with Gasteiger partial charge < -0.3 is 18.3 Å². The minimum Gasteiger partial charge on any atom is -0.309 e. The van der Waals surface area contributed by atoms with Gasteiger partial charge in [-0.1, -0.05) is 109 Å². The first kappa shape index (κ1) is 36.3. The fraction of sp³-hybridized carbons (Fsp3) is 0. The molecule has 0 unspecified atom stereocenters. The Morgan fingerprint density at radius 2 is 0.682 bits per heavy atom. The molecule has 0 aliphatic heterocycles. The Kier molecular flexibility index (Phi) is 7.65. The molecule has 0 aliphatic carbocycles. The molecule has 14 rings (SSSR count). The highest BCUT2D eigenvalue weighted by molar-refractivity contribution is 6.14. The summed E-state index contributed by atoms with van der Waals surface area (Å²) in [4.78, 5) is 4.78. The molecule has 0 saturated heterocycles. The number of rotatable bonds is 5. The molecule has 0 amide bonds. The lowest BCUT2D eigenvalue weighted by molar-refractivity contribution is 1.14. The molecule has 0 spiro atoms. The Morgan fingerprint density at radius 1 is 0.318 bits per heavy atom. The quantitative estimate of drug-likeness (QED) is 0.173. The van der Waals surface area contributed by atoms with E-state index in [1.165, 1.54) is 43.6 Å². The summed E-state index contributed by atoms with van der Waals surface area (Å²) >= 11 is 0. The van der Waals surface area contributed by atoms with Crippen LogP contribution in [0.2, 0.25) is 0 Å². The lowest BCUT2D eigenvalue weighted by Gasteiger charge is -2.18. The molecular weight excluding hydrogens is 805 g/mol. The van der Waals surface area contributed by atoms with Crippen molar-refractivity contribution in [1.29, 1.82) is 5.26 Å². The average Bonchev–Trinajstić information content (AvgIpc) is 4.11. The van der Waals surface area contributed by atoms with E-state index in [-0.39, 0.29) is 0 Å². The molecule has 0 atom stereocenters. The van der Waals surface area contributed by atoms with Crippen LogP contribution in [0.5, 0.6) is 0 Å². The van der Waals surface area contributed by atoms with Crippen LogP contribution in [0.1, 0.15) is 5.56 Å². The average molecular weight is 841 g/mol. The number of aromatic nitrogens is 5. The van der Waals surface area contributed by atoms with Crippen molar-refractivity contribution in [2.45, 2.75) is 0 Å². The fourth-order valence-electron chi connectivity index (χ4n) is 10.9.